The maximum atomic E-state index is 12.0. The number of rotatable bonds is 11. The normalized spacial score (nSPS) is 42.8. The number of amides is 3. The largest absolute Gasteiger partial charge is 0.394 e. The zero-order valence-corrected chi connectivity index (χ0v) is 24.0. The first-order valence-corrected chi connectivity index (χ1v) is 13.7. The fourth-order valence-electron chi connectivity index (χ4n) is 5.16. The van der Waals surface area contributed by atoms with Gasteiger partial charge in [-0.1, -0.05) is 0 Å². The van der Waals surface area contributed by atoms with Crippen LogP contribution in [0.5, 0.6) is 0 Å². The van der Waals surface area contributed by atoms with E-state index in [4.69, 9.17) is 28.7 Å². The molecule has 3 amide bonds. The van der Waals surface area contributed by atoms with Crippen molar-refractivity contribution in [3.05, 3.63) is 0 Å². The lowest BCUT2D eigenvalue weighted by atomic mass is 9.94. The third kappa shape index (κ3) is 8.35. The quantitative estimate of drug-likeness (QED) is 0.0736. The fourth-order valence-corrected chi connectivity index (χ4v) is 5.16. The molecule has 3 aliphatic rings. The molecule has 44 heavy (non-hydrogen) atoms. The maximum Gasteiger partial charge on any atom is 0.217 e. The number of carbonyl (C=O) groups is 3. The summed E-state index contributed by atoms with van der Waals surface area (Å²) in [6, 6.07) is -4.33. The zero-order chi connectivity index (χ0) is 32.9. The van der Waals surface area contributed by atoms with Crippen LogP contribution in [0.4, 0.5) is 0 Å². The Balaban J connectivity index is 1.82. The molecule has 3 rings (SSSR count). The molecule has 3 saturated heterocycles. The van der Waals surface area contributed by atoms with Crippen LogP contribution in [0.1, 0.15) is 20.8 Å². The third-order valence-corrected chi connectivity index (χ3v) is 7.27. The number of hydrogen-bond acceptors (Lipinski definition) is 17. The van der Waals surface area contributed by atoms with Gasteiger partial charge >= 0.3 is 0 Å². The summed E-state index contributed by atoms with van der Waals surface area (Å²) in [4.78, 5) is 45.9. The van der Waals surface area contributed by atoms with E-state index in [2.05, 4.69) is 16.0 Å². The molecular weight excluding hydrogens is 602 g/mol. The van der Waals surface area contributed by atoms with Crippen LogP contribution in [-0.2, 0) is 43.1 Å². The highest BCUT2D eigenvalue weighted by atomic mass is 17.2. The minimum Gasteiger partial charge on any atom is -0.394 e. The summed E-state index contributed by atoms with van der Waals surface area (Å²) < 4.78 is 22.2. The molecular formula is C24H41N3O17. The molecule has 0 bridgehead atoms. The first-order chi connectivity index (χ1) is 20.7. The minimum atomic E-state index is -1.79. The predicted molar refractivity (Wildman–Crippen MR) is 137 cm³/mol. The number of carbonyl (C=O) groups excluding carboxylic acids is 3. The van der Waals surface area contributed by atoms with Crippen LogP contribution < -0.4 is 16.0 Å². The van der Waals surface area contributed by atoms with Crippen LogP contribution in [-0.4, -0.2) is 170 Å². The Morgan fingerprint density at radius 1 is 0.568 bits per heavy atom. The van der Waals surface area contributed by atoms with E-state index in [1.165, 1.54) is 0 Å². The van der Waals surface area contributed by atoms with Crippen molar-refractivity contribution in [2.75, 3.05) is 19.8 Å². The van der Waals surface area contributed by atoms with E-state index >= 15 is 0 Å². The summed E-state index contributed by atoms with van der Waals surface area (Å²) in [7, 11) is 0. The number of aliphatic hydroxyl groups excluding tert-OH is 8. The van der Waals surface area contributed by atoms with Gasteiger partial charge in [0.05, 0.1) is 19.8 Å². The molecule has 3 heterocycles. The molecule has 15 atom stereocenters. The lowest BCUT2D eigenvalue weighted by molar-refractivity contribution is -0.454. The van der Waals surface area contributed by atoms with Crippen molar-refractivity contribution in [3.8, 4) is 0 Å². The van der Waals surface area contributed by atoms with Crippen molar-refractivity contribution in [1.29, 1.82) is 0 Å². The van der Waals surface area contributed by atoms with Crippen LogP contribution in [0.25, 0.3) is 0 Å². The second kappa shape index (κ2) is 15.9. The highest BCUT2D eigenvalue weighted by Gasteiger charge is 2.53. The topological polar surface area (TPSA) is 305 Å². The van der Waals surface area contributed by atoms with Gasteiger partial charge in [0.1, 0.15) is 73.1 Å². The Kier molecular flexibility index (Phi) is 13.1. The highest BCUT2D eigenvalue weighted by Crippen LogP contribution is 2.31. The molecule has 11 N–H and O–H groups in total. The molecule has 254 valence electrons. The van der Waals surface area contributed by atoms with Gasteiger partial charge in [0.15, 0.2) is 12.6 Å². The van der Waals surface area contributed by atoms with Gasteiger partial charge in [-0.25, -0.2) is 9.78 Å². The van der Waals surface area contributed by atoms with E-state index in [9.17, 15) is 55.2 Å². The third-order valence-electron chi connectivity index (χ3n) is 7.27. The highest BCUT2D eigenvalue weighted by molar-refractivity contribution is 5.74. The van der Waals surface area contributed by atoms with E-state index < -0.39 is 129 Å². The van der Waals surface area contributed by atoms with Crippen LogP contribution in [0.15, 0.2) is 0 Å². The van der Waals surface area contributed by atoms with E-state index in [-0.39, 0.29) is 0 Å². The second-order valence-electron chi connectivity index (χ2n) is 10.6. The van der Waals surface area contributed by atoms with Crippen LogP contribution in [0.3, 0.4) is 0 Å². The lowest BCUT2D eigenvalue weighted by Gasteiger charge is -2.48. The Bertz CT molecular complexity index is 978. The van der Waals surface area contributed by atoms with Gasteiger partial charge in [0, 0.05) is 20.8 Å². The van der Waals surface area contributed by atoms with Gasteiger partial charge in [-0.05, 0) is 0 Å². The summed E-state index contributed by atoms with van der Waals surface area (Å²) in [5, 5.41) is 89.4. The van der Waals surface area contributed by atoms with E-state index in [0.717, 1.165) is 20.8 Å². The molecule has 3 fully saturated rings. The summed E-state index contributed by atoms with van der Waals surface area (Å²) >= 11 is 0. The van der Waals surface area contributed by atoms with Crippen molar-refractivity contribution in [2.24, 2.45) is 0 Å². The van der Waals surface area contributed by atoms with Crippen LogP contribution in [0, 0.1) is 0 Å². The monoisotopic (exact) mass is 643 g/mol. The van der Waals surface area contributed by atoms with Crippen molar-refractivity contribution < 1.29 is 84.0 Å². The first-order valence-electron chi connectivity index (χ1n) is 13.7. The fraction of sp³-hybridized carbons (Fsp3) is 0.875. The minimum absolute atomic E-state index is 0.630. The summed E-state index contributed by atoms with van der Waals surface area (Å²) in [5.41, 5.74) is 0. The van der Waals surface area contributed by atoms with Gasteiger partial charge in [0.2, 0.25) is 24.0 Å². The van der Waals surface area contributed by atoms with Crippen LogP contribution in [0.2, 0.25) is 0 Å². The summed E-state index contributed by atoms with van der Waals surface area (Å²) in [6.07, 6.45) is -19.2. The van der Waals surface area contributed by atoms with Crippen molar-refractivity contribution in [2.45, 2.75) is 113 Å². The Labute approximate surface area is 250 Å². The van der Waals surface area contributed by atoms with Gasteiger partial charge in [-0.15, -0.1) is 0 Å². The van der Waals surface area contributed by atoms with Gasteiger partial charge in [-0.2, -0.15) is 0 Å². The number of aliphatic hydroxyl groups is 8. The van der Waals surface area contributed by atoms with Crippen molar-refractivity contribution in [3.63, 3.8) is 0 Å². The standard InChI is InChI=1S/C24H41N3O17/c1-7(31)25-13-18(36)21(12(6-30)39-22(13)38)43-44-24-15(27-9(3)33)19(37)20(11(5-29)41-24)42-23-14(26-8(2)32)17(35)16(34)10(4-28)40-23/h10-24,28-30,34-38H,4-6H2,1-3H3,(H,25,31)(H,26,32)(H,27,33)/t10?,11?,12?,13?,14?,15?,16-,17+,18+,19+,20-,21-,22-,23+,24+/m1/s1. The lowest BCUT2D eigenvalue weighted by Crippen LogP contribution is -2.69. The summed E-state index contributed by atoms with van der Waals surface area (Å²) in [6.45, 7) is 0.957. The average Bonchev–Trinajstić information content (AvgIpc) is 2.96. The molecule has 0 aromatic heterocycles. The second-order valence-corrected chi connectivity index (χ2v) is 10.6. The molecule has 0 saturated carbocycles. The molecule has 0 radical (unpaired) electrons. The van der Waals surface area contributed by atoms with Gasteiger partial charge < -0.3 is 75.8 Å². The number of nitrogens with one attached hydrogen (secondary N) is 3. The summed E-state index contributed by atoms with van der Waals surface area (Å²) in [5.74, 6) is -1.97. The molecule has 0 aromatic carbocycles. The molecule has 20 heteroatoms. The van der Waals surface area contributed by atoms with E-state index in [1.54, 1.807) is 0 Å². The van der Waals surface area contributed by atoms with Crippen molar-refractivity contribution in [1.82, 2.24) is 16.0 Å². The Morgan fingerprint density at radius 3 is 1.55 bits per heavy atom. The Hall–Kier alpha value is -2.15. The smallest absolute Gasteiger partial charge is 0.217 e. The molecule has 20 nitrogen and oxygen atoms in total. The number of hydrogen-bond donors (Lipinski definition) is 11. The molecule has 0 aromatic rings. The average molecular weight is 644 g/mol. The molecule has 6 unspecified atom stereocenters. The molecule has 0 aliphatic carbocycles. The first kappa shape index (κ1) is 36.3. The van der Waals surface area contributed by atoms with Crippen molar-refractivity contribution >= 4 is 17.7 Å². The SMILES string of the molecule is CC(=O)NC1[C@H](O[C@@H]2C(CO)O[C@@H](OO[C@@H]3C(CO)O[C@@H](O)C(NC(C)=O)[C@@H]3O)C(NC(C)=O)[C@@H]2O)OC(CO)[C@@H](O)[C@H]1O. The van der Waals surface area contributed by atoms with Gasteiger partial charge in [0.25, 0.3) is 0 Å². The number of ether oxygens (including phenoxy) is 4. The Morgan fingerprint density at radius 2 is 1.02 bits per heavy atom. The zero-order valence-electron chi connectivity index (χ0n) is 24.0. The molecule has 3 aliphatic heterocycles. The van der Waals surface area contributed by atoms with E-state index in [0.29, 0.717) is 0 Å². The van der Waals surface area contributed by atoms with Crippen LogP contribution >= 0.6 is 0 Å². The maximum absolute atomic E-state index is 12.0. The molecule has 0 spiro atoms. The predicted octanol–water partition coefficient (Wildman–Crippen LogP) is -7.21. The van der Waals surface area contributed by atoms with Gasteiger partial charge in [-0.3, -0.25) is 14.4 Å². The van der Waals surface area contributed by atoms with E-state index in [1.807, 2.05) is 0 Å².